The maximum Gasteiger partial charge on any atom is 0.162 e. The molecule has 1 atom stereocenters. The summed E-state index contributed by atoms with van der Waals surface area (Å²) in [5, 5.41) is -0.0570. The van der Waals surface area contributed by atoms with Gasteiger partial charge in [0.15, 0.2) is 8.46 Å². The maximum absolute atomic E-state index is 13.3. The molecule has 45 heavy (non-hydrogen) atoms. The molecule has 0 aliphatic rings. The van der Waals surface area contributed by atoms with Gasteiger partial charge in [0.2, 0.25) is 0 Å². The minimum absolute atomic E-state index is 0.0570. The van der Waals surface area contributed by atoms with Gasteiger partial charge in [0.25, 0.3) is 0 Å². The first kappa shape index (κ1) is 45.1. The van der Waals surface area contributed by atoms with Gasteiger partial charge in [-0.25, -0.2) is 0 Å². The van der Waals surface area contributed by atoms with E-state index in [1.165, 1.54) is 225 Å². The molecule has 0 aromatic heterocycles. The second-order valence-corrected chi connectivity index (χ2v) is 16.7. The summed E-state index contributed by atoms with van der Waals surface area (Å²) in [5.74, 6) is 0. The Morgan fingerprint density at radius 2 is 0.511 bits per heavy atom. The van der Waals surface area contributed by atoms with Gasteiger partial charge in [-0.15, -0.1) is 0 Å². The zero-order valence-electron chi connectivity index (χ0n) is 32.3. The van der Waals surface area contributed by atoms with Crippen molar-refractivity contribution < 1.29 is 4.57 Å². The first-order chi connectivity index (χ1) is 22.1. The Morgan fingerprint density at radius 3 is 0.733 bits per heavy atom. The van der Waals surface area contributed by atoms with Gasteiger partial charge in [-0.2, -0.15) is 0 Å². The first-order valence-electron chi connectivity index (χ1n) is 21.4. The van der Waals surface area contributed by atoms with Crippen molar-refractivity contribution in [3.8, 4) is 0 Å². The van der Waals surface area contributed by atoms with Gasteiger partial charge in [-0.1, -0.05) is 233 Å². The summed E-state index contributed by atoms with van der Waals surface area (Å²) in [4.78, 5) is 0. The number of hydrogen-bond acceptors (Lipinski definition) is 1. The lowest BCUT2D eigenvalue weighted by atomic mass is 9.64. The highest BCUT2D eigenvalue weighted by atomic mass is 31.1. The molecule has 0 N–H and O–H groups in total. The molecular formula is C43H87OP. The van der Waals surface area contributed by atoms with E-state index in [9.17, 15) is 4.57 Å². The summed E-state index contributed by atoms with van der Waals surface area (Å²) in [6.07, 6.45) is 49.4. The third-order valence-corrected chi connectivity index (χ3v) is 12.5. The molecule has 0 bridgehead atoms. The van der Waals surface area contributed by atoms with Crippen molar-refractivity contribution in [3.05, 3.63) is 0 Å². The molecule has 1 unspecified atom stereocenters. The van der Waals surface area contributed by atoms with Gasteiger partial charge in [0.05, 0.1) is 5.16 Å². The van der Waals surface area contributed by atoms with Crippen LogP contribution >= 0.6 is 8.46 Å². The summed E-state index contributed by atoms with van der Waals surface area (Å²) >= 11 is 0. The molecule has 0 heterocycles. The Labute approximate surface area is 288 Å². The molecule has 0 saturated heterocycles. The second-order valence-electron chi connectivity index (χ2n) is 15.5. The van der Waals surface area contributed by atoms with E-state index in [2.05, 4.69) is 34.6 Å². The molecule has 0 aliphatic heterocycles. The summed E-state index contributed by atoms with van der Waals surface area (Å²) < 4.78 is 13.3. The highest BCUT2D eigenvalue weighted by Gasteiger charge is 2.47. The maximum atomic E-state index is 13.3. The molecule has 1 nitrogen and oxygen atoms in total. The SMILES string of the molecule is CCCCCCCCCCC(CCCCCCCCCC)(CCCCCCCCCC)C(C)(CCCCCCCCCC)P=O. The van der Waals surface area contributed by atoms with E-state index in [0.717, 1.165) is 6.42 Å². The van der Waals surface area contributed by atoms with Crippen LogP contribution in [0.4, 0.5) is 0 Å². The summed E-state index contributed by atoms with van der Waals surface area (Å²) in [5.41, 5.74) is 0.254. The molecule has 2 heteroatoms. The van der Waals surface area contributed by atoms with E-state index < -0.39 is 0 Å². The van der Waals surface area contributed by atoms with Crippen molar-refractivity contribution in [2.45, 2.75) is 271 Å². The average Bonchev–Trinajstić information content (AvgIpc) is 3.05. The van der Waals surface area contributed by atoms with Gasteiger partial charge >= 0.3 is 0 Å². The molecule has 0 rings (SSSR count). The van der Waals surface area contributed by atoms with Crippen LogP contribution in [-0.2, 0) is 4.57 Å². The van der Waals surface area contributed by atoms with Gasteiger partial charge in [0.1, 0.15) is 0 Å². The molecule has 0 spiro atoms. The van der Waals surface area contributed by atoms with Gasteiger partial charge in [0, 0.05) is 0 Å². The Bertz CT molecular complexity index is 538. The van der Waals surface area contributed by atoms with E-state index in [4.69, 9.17) is 0 Å². The summed E-state index contributed by atoms with van der Waals surface area (Å²) in [6.45, 7) is 11.7. The Morgan fingerprint density at radius 1 is 0.311 bits per heavy atom. The third-order valence-electron chi connectivity index (χ3n) is 11.4. The highest BCUT2D eigenvalue weighted by Crippen LogP contribution is 2.54. The molecule has 0 aromatic carbocycles. The second kappa shape index (κ2) is 34.0. The highest BCUT2D eigenvalue weighted by molar-refractivity contribution is 7.26. The van der Waals surface area contributed by atoms with Crippen LogP contribution in [0.1, 0.15) is 266 Å². The van der Waals surface area contributed by atoms with Crippen LogP contribution < -0.4 is 0 Å². The van der Waals surface area contributed by atoms with Crippen LogP contribution in [-0.4, -0.2) is 5.16 Å². The van der Waals surface area contributed by atoms with Crippen LogP contribution in [0, 0.1) is 5.41 Å². The molecule has 0 fully saturated rings. The fourth-order valence-electron chi connectivity index (χ4n) is 7.99. The predicted octanol–water partition coefficient (Wildman–Crippen LogP) is 17.1. The predicted molar refractivity (Wildman–Crippen MR) is 207 cm³/mol. The van der Waals surface area contributed by atoms with E-state index in [-0.39, 0.29) is 10.6 Å². The van der Waals surface area contributed by atoms with Crippen LogP contribution in [0.5, 0.6) is 0 Å². The molecule has 0 aromatic rings. The van der Waals surface area contributed by atoms with Crippen molar-refractivity contribution in [1.82, 2.24) is 0 Å². The lowest BCUT2D eigenvalue weighted by Crippen LogP contribution is -2.42. The van der Waals surface area contributed by atoms with Crippen LogP contribution in [0.25, 0.3) is 0 Å². The van der Waals surface area contributed by atoms with Crippen molar-refractivity contribution in [1.29, 1.82) is 0 Å². The monoisotopic (exact) mass is 651 g/mol. The zero-order valence-corrected chi connectivity index (χ0v) is 33.2. The quantitative estimate of drug-likeness (QED) is 0.0480. The van der Waals surface area contributed by atoms with Crippen molar-refractivity contribution in [3.63, 3.8) is 0 Å². The minimum atomic E-state index is -0.0570. The number of unbranched alkanes of at least 4 members (excludes halogenated alkanes) is 28. The largest absolute Gasteiger partial charge is 0.274 e. The van der Waals surface area contributed by atoms with Crippen molar-refractivity contribution in [2.75, 3.05) is 0 Å². The van der Waals surface area contributed by atoms with E-state index in [0.29, 0.717) is 8.46 Å². The summed E-state index contributed by atoms with van der Waals surface area (Å²) in [6, 6.07) is 0. The van der Waals surface area contributed by atoms with Crippen LogP contribution in [0.2, 0.25) is 0 Å². The van der Waals surface area contributed by atoms with Crippen LogP contribution in [0.3, 0.4) is 0 Å². The van der Waals surface area contributed by atoms with E-state index in [1.54, 1.807) is 0 Å². The first-order valence-corrected chi connectivity index (χ1v) is 22.2. The Balaban J connectivity index is 5.39. The zero-order chi connectivity index (χ0) is 33.2. The summed E-state index contributed by atoms with van der Waals surface area (Å²) in [7, 11) is 0.444. The van der Waals surface area contributed by atoms with Crippen molar-refractivity contribution in [2.24, 2.45) is 5.41 Å². The topological polar surface area (TPSA) is 17.1 Å². The normalized spacial score (nSPS) is 13.5. The lowest BCUT2D eigenvalue weighted by Gasteiger charge is -2.46. The minimum Gasteiger partial charge on any atom is -0.274 e. The number of hydrogen-bond donors (Lipinski definition) is 0. The molecule has 0 amide bonds. The standard InChI is InChI=1S/C43H87OP/c1-6-10-14-18-22-26-30-34-38-42(5,45-44)43(39-35-31-27-23-19-15-11-7-2,40-36-32-28-24-20-16-12-8-3)41-37-33-29-25-21-17-13-9-4/h6-41H2,1-5H3. The third kappa shape index (κ3) is 24.8. The Hall–Kier alpha value is 0.100. The van der Waals surface area contributed by atoms with Crippen molar-refractivity contribution >= 4 is 8.46 Å². The average molecular weight is 651 g/mol. The molecular weight excluding hydrogens is 563 g/mol. The fraction of sp³-hybridized carbons (Fsp3) is 1.00. The van der Waals surface area contributed by atoms with Crippen LogP contribution in [0.15, 0.2) is 0 Å². The smallest absolute Gasteiger partial charge is 0.162 e. The van der Waals surface area contributed by atoms with E-state index in [1.807, 2.05) is 0 Å². The lowest BCUT2D eigenvalue weighted by molar-refractivity contribution is 0.123. The van der Waals surface area contributed by atoms with Gasteiger partial charge in [-0.05, 0) is 38.0 Å². The Kier molecular flexibility index (Phi) is 34.1. The molecule has 0 aliphatic carbocycles. The molecule has 0 saturated carbocycles. The van der Waals surface area contributed by atoms with Gasteiger partial charge in [-0.3, -0.25) is 4.57 Å². The fourth-order valence-corrected chi connectivity index (χ4v) is 8.76. The van der Waals surface area contributed by atoms with E-state index >= 15 is 0 Å². The molecule has 0 radical (unpaired) electrons. The molecule has 270 valence electrons. The number of rotatable bonds is 38. The van der Waals surface area contributed by atoms with Gasteiger partial charge < -0.3 is 0 Å².